The normalized spacial score (nSPS) is 11.3. The summed E-state index contributed by atoms with van der Waals surface area (Å²) in [6.45, 7) is 5.74. The van der Waals surface area contributed by atoms with Gasteiger partial charge in [-0.25, -0.2) is 4.57 Å². The van der Waals surface area contributed by atoms with Crippen molar-refractivity contribution in [2.24, 2.45) is 0 Å². The van der Waals surface area contributed by atoms with E-state index < -0.39 is 0 Å². The average molecular weight is 440 g/mol. The van der Waals surface area contributed by atoms with Crippen LogP contribution in [0.5, 0.6) is 0 Å². The smallest absolute Gasteiger partial charge is 0.234 e. The number of rotatable bonds is 20. The minimum atomic E-state index is 1.15. The molecule has 2 nitrogen and oxygen atoms in total. The summed E-state index contributed by atoms with van der Waals surface area (Å²) in [7, 11) is 0. The fraction of sp³-hybridized carbons (Fsp3) is 0.700. The van der Waals surface area contributed by atoms with Crippen molar-refractivity contribution in [3.05, 3.63) is 48.5 Å². The number of nitrogens with zero attached hydrogens (tertiary/aromatic N) is 2. The van der Waals surface area contributed by atoms with E-state index in [0.717, 1.165) is 6.54 Å². The number of imidazole rings is 1. The third-order valence-corrected chi connectivity index (χ3v) is 6.80. The second kappa shape index (κ2) is 17.9. The molecule has 2 rings (SSSR count). The van der Waals surface area contributed by atoms with Gasteiger partial charge in [-0.05, 0) is 31.4 Å². The molecule has 0 aliphatic carbocycles. The molecule has 2 heteroatoms. The van der Waals surface area contributed by atoms with Gasteiger partial charge in [0.15, 0.2) is 0 Å². The lowest BCUT2D eigenvalue weighted by molar-refractivity contribution is -0.704. The van der Waals surface area contributed by atoms with Crippen LogP contribution in [0.3, 0.4) is 0 Å². The van der Waals surface area contributed by atoms with Gasteiger partial charge in [-0.15, -0.1) is 0 Å². The number of unbranched alkanes of at least 4 members (excludes halogenated alkanes) is 15. The Morgan fingerprint density at radius 1 is 0.594 bits per heavy atom. The van der Waals surface area contributed by atoms with Crippen LogP contribution in [-0.2, 0) is 13.0 Å². The zero-order valence-electron chi connectivity index (χ0n) is 21.4. The van der Waals surface area contributed by atoms with Crippen molar-refractivity contribution in [1.29, 1.82) is 0 Å². The van der Waals surface area contributed by atoms with E-state index in [1.165, 1.54) is 127 Å². The summed E-state index contributed by atoms with van der Waals surface area (Å²) in [5.41, 5.74) is 1.29. The number of hydrogen-bond donors (Lipinski definition) is 0. The lowest BCUT2D eigenvalue weighted by atomic mass is 10.0. The van der Waals surface area contributed by atoms with Crippen LogP contribution in [-0.4, -0.2) is 4.57 Å². The summed E-state index contributed by atoms with van der Waals surface area (Å²) >= 11 is 0. The maximum absolute atomic E-state index is 2.50. The number of hydrogen-bond acceptors (Lipinski definition) is 0. The van der Waals surface area contributed by atoms with E-state index in [1.54, 1.807) is 0 Å². The van der Waals surface area contributed by atoms with E-state index in [2.05, 4.69) is 65.7 Å². The highest BCUT2D eigenvalue weighted by atomic mass is 15.1. The molecule has 0 bridgehead atoms. The highest BCUT2D eigenvalue weighted by Crippen LogP contribution is 2.15. The van der Waals surface area contributed by atoms with Gasteiger partial charge in [-0.3, -0.25) is 0 Å². The molecule has 0 radical (unpaired) electrons. The Labute approximate surface area is 199 Å². The van der Waals surface area contributed by atoms with Gasteiger partial charge < -0.3 is 0 Å². The molecule has 2 aromatic rings. The van der Waals surface area contributed by atoms with Crippen LogP contribution < -0.4 is 4.57 Å². The Morgan fingerprint density at radius 3 is 1.66 bits per heavy atom. The van der Waals surface area contributed by atoms with E-state index in [0.29, 0.717) is 0 Å². The Bertz CT molecular complexity index is 673. The first-order chi connectivity index (χ1) is 15.9. The monoisotopic (exact) mass is 439 g/mol. The van der Waals surface area contributed by atoms with E-state index >= 15 is 0 Å². The van der Waals surface area contributed by atoms with Gasteiger partial charge in [0.05, 0.1) is 6.54 Å². The van der Waals surface area contributed by atoms with Crippen molar-refractivity contribution in [3.63, 3.8) is 0 Å². The minimum absolute atomic E-state index is 1.15. The molecule has 0 saturated carbocycles. The van der Waals surface area contributed by atoms with Gasteiger partial charge in [0.1, 0.15) is 18.1 Å². The standard InChI is InChI=1S/C30H51N2/c1-3-5-7-8-9-10-11-12-13-14-15-16-17-21-25-30-31(26-22-6-4-2)27-28-32(30)29-23-19-18-20-24-29/h18-20,23-24,27-28H,3-17,21-22,25-26H2,1-2H3/q+1. The van der Waals surface area contributed by atoms with Gasteiger partial charge in [-0.2, -0.15) is 4.57 Å². The quantitative estimate of drug-likeness (QED) is 0.144. The van der Waals surface area contributed by atoms with Gasteiger partial charge >= 0.3 is 0 Å². The van der Waals surface area contributed by atoms with Crippen molar-refractivity contribution in [3.8, 4) is 5.69 Å². The molecular weight excluding hydrogens is 388 g/mol. The molecule has 0 spiro atoms. The molecule has 1 heterocycles. The predicted molar refractivity (Wildman–Crippen MR) is 140 cm³/mol. The van der Waals surface area contributed by atoms with E-state index in [9.17, 15) is 0 Å². The maximum Gasteiger partial charge on any atom is 0.261 e. The van der Waals surface area contributed by atoms with Crippen LogP contribution in [0.1, 0.15) is 129 Å². The first kappa shape index (κ1) is 26.7. The van der Waals surface area contributed by atoms with Crippen LogP contribution in [0.4, 0.5) is 0 Å². The van der Waals surface area contributed by atoms with Gasteiger partial charge in [-0.1, -0.05) is 122 Å². The zero-order chi connectivity index (χ0) is 22.7. The average Bonchev–Trinajstić information content (AvgIpc) is 3.22. The van der Waals surface area contributed by atoms with E-state index in [-0.39, 0.29) is 0 Å². The van der Waals surface area contributed by atoms with Crippen LogP contribution in [0.15, 0.2) is 42.7 Å². The third kappa shape index (κ3) is 10.8. The molecule has 0 aliphatic rings. The first-order valence-corrected chi connectivity index (χ1v) is 14.0. The summed E-state index contributed by atoms with van der Waals surface area (Å²) in [5.74, 6) is 1.48. The number of aryl methyl sites for hydroxylation is 1. The largest absolute Gasteiger partial charge is 0.261 e. The van der Waals surface area contributed by atoms with Crippen LogP contribution in [0, 0.1) is 0 Å². The predicted octanol–water partition coefficient (Wildman–Crippen LogP) is 8.98. The zero-order valence-corrected chi connectivity index (χ0v) is 21.4. The summed E-state index contributed by atoms with van der Waals surface area (Å²) in [6, 6.07) is 10.9. The molecule has 0 N–H and O–H groups in total. The molecule has 180 valence electrons. The Hall–Kier alpha value is -1.57. The number of benzene rings is 1. The van der Waals surface area contributed by atoms with Crippen molar-refractivity contribution in [2.45, 2.75) is 136 Å². The van der Waals surface area contributed by atoms with Gasteiger partial charge in [0.2, 0.25) is 0 Å². The third-order valence-electron chi connectivity index (χ3n) is 6.80. The fourth-order valence-electron chi connectivity index (χ4n) is 4.76. The summed E-state index contributed by atoms with van der Waals surface area (Å²) < 4.78 is 4.92. The van der Waals surface area contributed by atoms with E-state index in [1.807, 2.05) is 0 Å². The van der Waals surface area contributed by atoms with Crippen molar-refractivity contribution < 1.29 is 4.57 Å². The fourth-order valence-corrected chi connectivity index (χ4v) is 4.76. The van der Waals surface area contributed by atoms with Crippen LogP contribution in [0.2, 0.25) is 0 Å². The minimum Gasteiger partial charge on any atom is -0.234 e. The lowest BCUT2D eigenvalue weighted by Crippen LogP contribution is -2.37. The molecule has 0 unspecified atom stereocenters. The molecule has 32 heavy (non-hydrogen) atoms. The molecule has 0 aliphatic heterocycles. The highest BCUT2D eigenvalue weighted by molar-refractivity contribution is 5.31. The van der Waals surface area contributed by atoms with Crippen molar-refractivity contribution in [2.75, 3.05) is 0 Å². The molecule has 1 aromatic carbocycles. The Kier molecular flexibility index (Phi) is 14.9. The molecule has 1 aromatic heterocycles. The van der Waals surface area contributed by atoms with Crippen molar-refractivity contribution >= 4 is 0 Å². The van der Waals surface area contributed by atoms with Gasteiger partial charge in [0.25, 0.3) is 5.82 Å². The molecular formula is C30H51N2+. The Balaban J connectivity index is 1.62. The van der Waals surface area contributed by atoms with Gasteiger partial charge in [0, 0.05) is 6.42 Å². The topological polar surface area (TPSA) is 8.81 Å². The lowest BCUT2D eigenvalue weighted by Gasteiger charge is -2.06. The van der Waals surface area contributed by atoms with E-state index in [4.69, 9.17) is 0 Å². The maximum atomic E-state index is 2.50. The molecule has 0 saturated heterocycles. The number of aromatic nitrogens is 2. The highest BCUT2D eigenvalue weighted by Gasteiger charge is 2.18. The van der Waals surface area contributed by atoms with Crippen LogP contribution in [0.25, 0.3) is 5.69 Å². The molecule has 0 atom stereocenters. The summed E-state index contributed by atoms with van der Waals surface area (Å²) in [6.07, 6.45) is 29.6. The SMILES string of the molecule is CCCCCCCCCCCCCCCCc1n(-c2ccccc2)cc[n+]1CCCCC. The molecule has 0 fully saturated rings. The first-order valence-electron chi connectivity index (χ1n) is 14.0. The second-order valence-electron chi connectivity index (χ2n) is 9.67. The summed E-state index contributed by atoms with van der Waals surface area (Å²) in [4.78, 5) is 0. The summed E-state index contributed by atoms with van der Waals surface area (Å²) in [5, 5.41) is 0. The van der Waals surface area contributed by atoms with Crippen molar-refractivity contribution in [1.82, 2.24) is 4.57 Å². The number of para-hydroxylation sites is 1. The van der Waals surface area contributed by atoms with Crippen LogP contribution >= 0.6 is 0 Å². The molecule has 0 amide bonds. The second-order valence-corrected chi connectivity index (χ2v) is 9.67. The Morgan fingerprint density at radius 2 is 1.09 bits per heavy atom.